The summed E-state index contributed by atoms with van der Waals surface area (Å²) in [6, 6.07) is 0.273. The van der Waals surface area contributed by atoms with Crippen LogP contribution >= 0.6 is 11.8 Å². The summed E-state index contributed by atoms with van der Waals surface area (Å²) in [6.07, 6.45) is 3.29. The SMILES string of the molecule is COC(CN)CC(=O)N(C)C(C)CCSC. The maximum atomic E-state index is 11.9. The molecular formula is C11H24N2O2S. The Morgan fingerprint density at radius 3 is 2.62 bits per heavy atom. The molecule has 2 atom stereocenters. The van der Waals surface area contributed by atoms with Crippen molar-refractivity contribution in [2.24, 2.45) is 5.73 Å². The number of thioether (sulfide) groups is 1. The van der Waals surface area contributed by atoms with Crippen LogP contribution in [0.3, 0.4) is 0 Å². The fraction of sp³-hybridized carbons (Fsp3) is 0.909. The molecule has 4 nitrogen and oxygen atoms in total. The van der Waals surface area contributed by atoms with Crippen LogP contribution < -0.4 is 5.73 Å². The molecule has 0 aliphatic rings. The molecule has 0 aromatic carbocycles. The highest BCUT2D eigenvalue weighted by molar-refractivity contribution is 7.98. The van der Waals surface area contributed by atoms with Gasteiger partial charge in [0, 0.05) is 26.7 Å². The van der Waals surface area contributed by atoms with Gasteiger partial charge in [-0.25, -0.2) is 0 Å². The highest BCUT2D eigenvalue weighted by Gasteiger charge is 2.18. The molecule has 0 heterocycles. The Hall–Kier alpha value is -0.260. The Morgan fingerprint density at radius 2 is 2.19 bits per heavy atom. The smallest absolute Gasteiger partial charge is 0.225 e. The van der Waals surface area contributed by atoms with E-state index >= 15 is 0 Å². The van der Waals surface area contributed by atoms with Gasteiger partial charge in [0.15, 0.2) is 0 Å². The van der Waals surface area contributed by atoms with E-state index in [2.05, 4.69) is 13.2 Å². The Bertz CT molecular complexity index is 198. The summed E-state index contributed by atoms with van der Waals surface area (Å²) in [4.78, 5) is 13.6. The van der Waals surface area contributed by atoms with Crippen LogP contribution in [0.25, 0.3) is 0 Å². The number of amides is 1. The van der Waals surface area contributed by atoms with Crippen molar-refractivity contribution in [2.45, 2.75) is 31.9 Å². The summed E-state index contributed by atoms with van der Waals surface area (Å²) in [6.45, 7) is 2.45. The van der Waals surface area contributed by atoms with Crippen molar-refractivity contribution >= 4 is 17.7 Å². The third-order valence-corrected chi connectivity index (χ3v) is 3.44. The van der Waals surface area contributed by atoms with E-state index in [9.17, 15) is 4.79 Å². The molecule has 0 bridgehead atoms. The Balaban J connectivity index is 4.05. The molecule has 16 heavy (non-hydrogen) atoms. The summed E-state index contributed by atoms with van der Waals surface area (Å²) in [5, 5.41) is 0. The average molecular weight is 248 g/mol. The molecule has 0 saturated heterocycles. The number of nitrogens with two attached hydrogens (primary N) is 1. The van der Waals surface area contributed by atoms with Crippen molar-refractivity contribution in [3.63, 3.8) is 0 Å². The van der Waals surface area contributed by atoms with Crippen LogP contribution in [0.2, 0.25) is 0 Å². The van der Waals surface area contributed by atoms with E-state index in [4.69, 9.17) is 10.5 Å². The molecule has 0 aromatic heterocycles. The maximum absolute atomic E-state index is 11.9. The normalized spacial score (nSPS) is 14.6. The van der Waals surface area contributed by atoms with Crippen molar-refractivity contribution in [2.75, 3.05) is 32.7 Å². The van der Waals surface area contributed by atoms with Crippen LogP contribution in [0.4, 0.5) is 0 Å². The first-order valence-electron chi connectivity index (χ1n) is 5.54. The lowest BCUT2D eigenvalue weighted by atomic mass is 10.2. The van der Waals surface area contributed by atoms with Gasteiger partial charge in [-0.1, -0.05) is 0 Å². The Labute approximate surface area is 103 Å². The molecule has 0 aliphatic heterocycles. The highest BCUT2D eigenvalue weighted by Crippen LogP contribution is 2.08. The fourth-order valence-corrected chi connectivity index (χ4v) is 1.91. The molecule has 0 aliphatic carbocycles. The molecule has 0 saturated carbocycles. The standard InChI is InChI=1S/C11H24N2O2S/c1-9(5-6-16-4)13(2)11(14)7-10(8-12)15-3/h9-10H,5-8,12H2,1-4H3. The zero-order chi connectivity index (χ0) is 12.6. The molecule has 0 rings (SSSR count). The minimum Gasteiger partial charge on any atom is -0.380 e. The second-order valence-corrected chi connectivity index (χ2v) is 4.92. The molecule has 2 N–H and O–H groups in total. The number of methoxy groups -OCH3 is 1. The second kappa shape index (κ2) is 8.84. The van der Waals surface area contributed by atoms with E-state index in [1.165, 1.54) is 0 Å². The van der Waals surface area contributed by atoms with Gasteiger partial charge >= 0.3 is 0 Å². The molecular weight excluding hydrogens is 224 g/mol. The summed E-state index contributed by atoms with van der Waals surface area (Å²) < 4.78 is 5.10. The third-order valence-electron chi connectivity index (χ3n) is 2.79. The van der Waals surface area contributed by atoms with Gasteiger partial charge in [0.1, 0.15) is 0 Å². The first-order chi connectivity index (χ1) is 7.56. The van der Waals surface area contributed by atoms with Crippen LogP contribution in [0.5, 0.6) is 0 Å². The van der Waals surface area contributed by atoms with Crippen molar-refractivity contribution in [3.05, 3.63) is 0 Å². The lowest BCUT2D eigenvalue weighted by Crippen LogP contribution is -2.38. The molecule has 2 unspecified atom stereocenters. The zero-order valence-electron chi connectivity index (χ0n) is 10.7. The predicted octanol–water partition coefficient (Wildman–Crippen LogP) is 0.950. The van der Waals surface area contributed by atoms with E-state index in [1.807, 2.05) is 7.05 Å². The first-order valence-corrected chi connectivity index (χ1v) is 6.93. The van der Waals surface area contributed by atoms with Gasteiger partial charge in [0.05, 0.1) is 12.5 Å². The topological polar surface area (TPSA) is 55.6 Å². The predicted molar refractivity (Wildman–Crippen MR) is 69.7 cm³/mol. The summed E-state index contributed by atoms with van der Waals surface area (Å²) in [5.74, 6) is 1.18. The van der Waals surface area contributed by atoms with Crippen molar-refractivity contribution in [3.8, 4) is 0 Å². The number of ether oxygens (including phenoxy) is 1. The lowest BCUT2D eigenvalue weighted by molar-refractivity contribution is -0.134. The van der Waals surface area contributed by atoms with E-state index in [-0.39, 0.29) is 18.1 Å². The Kier molecular flexibility index (Phi) is 8.70. The number of hydrogen-bond acceptors (Lipinski definition) is 4. The van der Waals surface area contributed by atoms with Gasteiger partial charge in [-0.2, -0.15) is 11.8 Å². The van der Waals surface area contributed by atoms with Gasteiger partial charge in [0.2, 0.25) is 5.91 Å². The summed E-state index contributed by atoms with van der Waals surface area (Å²) in [7, 11) is 3.43. The molecule has 0 fully saturated rings. The lowest BCUT2D eigenvalue weighted by Gasteiger charge is -2.26. The number of rotatable bonds is 8. The molecule has 0 radical (unpaired) electrons. The molecule has 96 valence electrons. The quantitative estimate of drug-likeness (QED) is 0.695. The number of carbonyl (C=O) groups is 1. The summed E-state index contributed by atoms with van der Waals surface area (Å²) >= 11 is 1.80. The van der Waals surface area contributed by atoms with Crippen LogP contribution in [-0.4, -0.2) is 55.7 Å². The van der Waals surface area contributed by atoms with E-state index < -0.39 is 0 Å². The van der Waals surface area contributed by atoms with E-state index in [0.29, 0.717) is 13.0 Å². The van der Waals surface area contributed by atoms with E-state index in [1.54, 1.807) is 23.8 Å². The van der Waals surface area contributed by atoms with Gasteiger partial charge in [-0.3, -0.25) is 4.79 Å². The van der Waals surface area contributed by atoms with Gasteiger partial charge in [0.25, 0.3) is 0 Å². The maximum Gasteiger partial charge on any atom is 0.225 e. The average Bonchev–Trinajstić information content (AvgIpc) is 2.31. The van der Waals surface area contributed by atoms with Crippen molar-refractivity contribution < 1.29 is 9.53 Å². The first kappa shape index (κ1) is 15.7. The van der Waals surface area contributed by atoms with Crippen molar-refractivity contribution in [1.82, 2.24) is 4.90 Å². The van der Waals surface area contributed by atoms with Crippen LogP contribution in [0, 0.1) is 0 Å². The Morgan fingerprint density at radius 1 is 1.56 bits per heavy atom. The molecule has 1 amide bonds. The highest BCUT2D eigenvalue weighted by atomic mass is 32.2. The van der Waals surface area contributed by atoms with Crippen LogP contribution in [0.15, 0.2) is 0 Å². The monoisotopic (exact) mass is 248 g/mol. The third kappa shape index (κ3) is 5.72. The largest absolute Gasteiger partial charge is 0.380 e. The minimum absolute atomic E-state index is 0.103. The second-order valence-electron chi connectivity index (χ2n) is 3.93. The summed E-state index contributed by atoms with van der Waals surface area (Å²) in [5.41, 5.74) is 5.49. The van der Waals surface area contributed by atoms with Gasteiger partial charge < -0.3 is 15.4 Å². The number of nitrogens with zero attached hydrogens (tertiary/aromatic N) is 1. The number of carbonyl (C=O) groups excluding carboxylic acids is 1. The minimum atomic E-state index is -0.164. The molecule has 5 heteroatoms. The number of hydrogen-bond donors (Lipinski definition) is 1. The van der Waals surface area contributed by atoms with Gasteiger partial charge in [-0.05, 0) is 25.4 Å². The zero-order valence-corrected chi connectivity index (χ0v) is 11.5. The van der Waals surface area contributed by atoms with Crippen LogP contribution in [-0.2, 0) is 9.53 Å². The van der Waals surface area contributed by atoms with Gasteiger partial charge in [-0.15, -0.1) is 0 Å². The molecule has 0 aromatic rings. The van der Waals surface area contributed by atoms with Crippen LogP contribution in [0.1, 0.15) is 19.8 Å². The van der Waals surface area contributed by atoms with E-state index in [0.717, 1.165) is 12.2 Å². The molecule has 0 spiro atoms. The fourth-order valence-electron chi connectivity index (χ4n) is 1.33. The van der Waals surface area contributed by atoms with Crippen molar-refractivity contribution in [1.29, 1.82) is 0 Å².